The molecule has 20 heavy (non-hydrogen) atoms. The Hall–Kier alpha value is -1.91. The molecule has 1 aliphatic rings. The lowest BCUT2D eigenvalue weighted by molar-refractivity contribution is -0.132. The summed E-state index contributed by atoms with van der Waals surface area (Å²) in [5, 5.41) is 2.72. The van der Waals surface area contributed by atoms with Crippen molar-refractivity contribution in [2.75, 3.05) is 18.4 Å². The summed E-state index contributed by atoms with van der Waals surface area (Å²) in [6.45, 7) is 4.33. The summed E-state index contributed by atoms with van der Waals surface area (Å²) < 4.78 is 13.4. The second kappa shape index (κ2) is 6.03. The van der Waals surface area contributed by atoms with Crippen molar-refractivity contribution in [3.05, 3.63) is 29.6 Å². The molecule has 1 aliphatic heterocycles. The van der Waals surface area contributed by atoms with Gasteiger partial charge in [-0.1, -0.05) is 6.07 Å². The van der Waals surface area contributed by atoms with Crippen LogP contribution < -0.4 is 5.32 Å². The number of carbonyl (C=O) groups is 2. The molecular weight excluding hydrogens is 259 g/mol. The van der Waals surface area contributed by atoms with Gasteiger partial charge < -0.3 is 10.2 Å². The highest BCUT2D eigenvalue weighted by Gasteiger charge is 2.27. The topological polar surface area (TPSA) is 49.4 Å². The van der Waals surface area contributed by atoms with Gasteiger partial charge in [0.05, 0.1) is 5.92 Å². The highest BCUT2D eigenvalue weighted by atomic mass is 19.1. The molecule has 0 aromatic heterocycles. The maximum absolute atomic E-state index is 13.4. The summed E-state index contributed by atoms with van der Waals surface area (Å²) in [5.41, 5.74) is 1.00. The minimum Gasteiger partial charge on any atom is -0.342 e. The number of benzene rings is 1. The third-order valence-electron chi connectivity index (χ3n) is 3.68. The van der Waals surface area contributed by atoms with Crippen molar-refractivity contribution in [2.24, 2.45) is 5.92 Å². The number of hydrogen-bond donors (Lipinski definition) is 1. The van der Waals surface area contributed by atoms with E-state index in [2.05, 4.69) is 5.32 Å². The predicted molar refractivity (Wildman–Crippen MR) is 74.7 cm³/mol. The molecule has 1 N–H and O–H groups in total. The number of amides is 2. The van der Waals surface area contributed by atoms with Gasteiger partial charge >= 0.3 is 0 Å². The van der Waals surface area contributed by atoms with Crippen molar-refractivity contribution in [1.82, 2.24) is 4.90 Å². The fourth-order valence-corrected chi connectivity index (χ4v) is 2.39. The number of anilines is 1. The maximum atomic E-state index is 13.4. The molecule has 0 spiro atoms. The molecule has 2 amide bonds. The number of hydrogen-bond acceptors (Lipinski definition) is 2. The minimum absolute atomic E-state index is 0.0103. The molecule has 1 fully saturated rings. The molecule has 0 unspecified atom stereocenters. The normalized spacial score (nSPS) is 18.8. The molecule has 1 aromatic rings. The number of aryl methyl sites for hydroxylation is 1. The van der Waals surface area contributed by atoms with Crippen LogP contribution >= 0.6 is 0 Å². The summed E-state index contributed by atoms with van der Waals surface area (Å²) in [6.07, 6.45) is 1.57. The first-order valence-corrected chi connectivity index (χ1v) is 6.80. The number of nitrogens with one attached hydrogen (secondary N) is 1. The van der Waals surface area contributed by atoms with Crippen LogP contribution in [0.1, 0.15) is 25.3 Å². The zero-order chi connectivity index (χ0) is 14.7. The number of rotatable bonds is 2. The van der Waals surface area contributed by atoms with Crippen LogP contribution in [0.2, 0.25) is 0 Å². The third kappa shape index (κ3) is 3.35. The van der Waals surface area contributed by atoms with Gasteiger partial charge in [-0.2, -0.15) is 0 Å². The molecule has 1 heterocycles. The summed E-state index contributed by atoms with van der Waals surface area (Å²) in [4.78, 5) is 25.2. The van der Waals surface area contributed by atoms with E-state index in [9.17, 15) is 14.0 Å². The molecule has 1 saturated heterocycles. The van der Waals surface area contributed by atoms with E-state index in [-0.39, 0.29) is 23.5 Å². The van der Waals surface area contributed by atoms with Gasteiger partial charge in [0.1, 0.15) is 5.82 Å². The average molecular weight is 278 g/mol. The lowest BCUT2D eigenvalue weighted by Gasteiger charge is -2.31. The van der Waals surface area contributed by atoms with E-state index in [1.807, 2.05) is 0 Å². The molecule has 4 nitrogen and oxygen atoms in total. The van der Waals surface area contributed by atoms with Crippen molar-refractivity contribution in [3.8, 4) is 0 Å². The zero-order valence-corrected chi connectivity index (χ0v) is 11.8. The Morgan fingerprint density at radius 2 is 2.15 bits per heavy atom. The van der Waals surface area contributed by atoms with Crippen molar-refractivity contribution >= 4 is 17.5 Å². The monoisotopic (exact) mass is 278 g/mol. The Morgan fingerprint density at radius 1 is 1.40 bits per heavy atom. The van der Waals surface area contributed by atoms with Crippen LogP contribution in [0.25, 0.3) is 0 Å². The standard InChI is InChI=1S/C15H19FN2O2/c1-10-5-6-13(8-14(10)16)17-15(20)12-4-3-7-18(9-12)11(2)19/h5-6,8,12H,3-4,7,9H2,1-2H3,(H,17,20)/t12-/m0/s1. The summed E-state index contributed by atoms with van der Waals surface area (Å²) in [7, 11) is 0. The Morgan fingerprint density at radius 3 is 2.80 bits per heavy atom. The number of halogens is 1. The van der Waals surface area contributed by atoms with Crippen LogP contribution in [-0.4, -0.2) is 29.8 Å². The van der Waals surface area contributed by atoms with E-state index >= 15 is 0 Å². The number of piperidine rings is 1. The molecule has 0 bridgehead atoms. The van der Waals surface area contributed by atoms with Crippen molar-refractivity contribution in [3.63, 3.8) is 0 Å². The van der Waals surface area contributed by atoms with Crippen LogP contribution in [-0.2, 0) is 9.59 Å². The molecule has 0 saturated carbocycles. The first kappa shape index (κ1) is 14.5. The summed E-state index contributed by atoms with van der Waals surface area (Å²) >= 11 is 0. The van der Waals surface area contributed by atoms with Crippen molar-refractivity contribution in [2.45, 2.75) is 26.7 Å². The highest BCUT2D eigenvalue weighted by Crippen LogP contribution is 2.20. The Labute approximate surface area is 118 Å². The van der Waals surface area contributed by atoms with Crippen LogP contribution in [0, 0.1) is 18.7 Å². The predicted octanol–water partition coefficient (Wildman–Crippen LogP) is 2.33. The largest absolute Gasteiger partial charge is 0.342 e. The fraction of sp³-hybridized carbons (Fsp3) is 0.467. The van der Waals surface area contributed by atoms with Crippen LogP contribution in [0.4, 0.5) is 10.1 Å². The van der Waals surface area contributed by atoms with Gasteiger partial charge in [-0.25, -0.2) is 4.39 Å². The Kier molecular flexibility index (Phi) is 4.37. The van der Waals surface area contributed by atoms with Gasteiger partial charge in [0.2, 0.25) is 11.8 Å². The maximum Gasteiger partial charge on any atom is 0.229 e. The first-order valence-electron chi connectivity index (χ1n) is 6.80. The minimum atomic E-state index is -0.336. The van der Waals surface area contributed by atoms with Gasteiger partial charge in [0, 0.05) is 25.7 Å². The van der Waals surface area contributed by atoms with E-state index in [4.69, 9.17) is 0 Å². The molecule has 2 rings (SSSR count). The zero-order valence-electron chi connectivity index (χ0n) is 11.8. The summed E-state index contributed by atoms with van der Waals surface area (Å²) in [5.74, 6) is -0.725. The van der Waals surface area contributed by atoms with E-state index in [0.717, 1.165) is 12.8 Å². The van der Waals surface area contributed by atoms with Crippen LogP contribution in [0.3, 0.4) is 0 Å². The van der Waals surface area contributed by atoms with E-state index in [1.54, 1.807) is 24.0 Å². The second-order valence-electron chi connectivity index (χ2n) is 5.26. The van der Waals surface area contributed by atoms with Crippen LogP contribution in [0.5, 0.6) is 0 Å². The lowest BCUT2D eigenvalue weighted by atomic mass is 9.97. The fourth-order valence-electron chi connectivity index (χ4n) is 2.39. The molecule has 1 aromatic carbocycles. The van der Waals surface area contributed by atoms with Crippen LogP contribution in [0.15, 0.2) is 18.2 Å². The Balaban J connectivity index is 2.00. The third-order valence-corrected chi connectivity index (χ3v) is 3.68. The van der Waals surface area contributed by atoms with Crippen molar-refractivity contribution in [1.29, 1.82) is 0 Å². The van der Waals surface area contributed by atoms with E-state index < -0.39 is 0 Å². The molecular formula is C15H19FN2O2. The van der Waals surface area contributed by atoms with Gasteiger partial charge in [0.15, 0.2) is 0 Å². The second-order valence-corrected chi connectivity index (χ2v) is 5.26. The SMILES string of the molecule is CC(=O)N1CCC[C@H](C(=O)Nc2ccc(C)c(F)c2)C1. The molecule has 5 heteroatoms. The number of nitrogens with zero attached hydrogens (tertiary/aromatic N) is 1. The quantitative estimate of drug-likeness (QED) is 0.902. The highest BCUT2D eigenvalue weighted by molar-refractivity contribution is 5.93. The van der Waals surface area contributed by atoms with Gasteiger partial charge in [0.25, 0.3) is 0 Å². The first-order chi connectivity index (χ1) is 9.47. The number of carbonyl (C=O) groups excluding carboxylic acids is 2. The van der Waals surface area contributed by atoms with Gasteiger partial charge in [-0.15, -0.1) is 0 Å². The smallest absolute Gasteiger partial charge is 0.229 e. The molecule has 0 radical (unpaired) electrons. The van der Waals surface area contributed by atoms with Gasteiger partial charge in [-0.3, -0.25) is 9.59 Å². The molecule has 1 atom stereocenters. The lowest BCUT2D eigenvalue weighted by Crippen LogP contribution is -2.42. The number of likely N-dealkylation sites (tertiary alicyclic amines) is 1. The average Bonchev–Trinajstić information content (AvgIpc) is 2.43. The van der Waals surface area contributed by atoms with E-state index in [0.29, 0.717) is 24.3 Å². The molecule has 108 valence electrons. The molecule has 0 aliphatic carbocycles. The summed E-state index contributed by atoms with van der Waals surface area (Å²) in [6, 6.07) is 4.63. The van der Waals surface area contributed by atoms with Gasteiger partial charge in [-0.05, 0) is 37.5 Å². The Bertz CT molecular complexity index is 531. The van der Waals surface area contributed by atoms with Crippen molar-refractivity contribution < 1.29 is 14.0 Å². The van der Waals surface area contributed by atoms with E-state index in [1.165, 1.54) is 13.0 Å².